The highest BCUT2D eigenvalue weighted by Gasteiger charge is 2.28. The molecule has 144 valence electrons. The minimum atomic E-state index is -0.893. The smallest absolute Gasteiger partial charge is 0.134 e. The Labute approximate surface area is 165 Å². The minimum absolute atomic E-state index is 0.220. The van der Waals surface area contributed by atoms with E-state index in [0.29, 0.717) is 19.0 Å². The topological polar surface area (TPSA) is 48.7 Å². The predicted molar refractivity (Wildman–Crippen MR) is 108 cm³/mol. The lowest BCUT2D eigenvalue weighted by Gasteiger charge is -2.24. The van der Waals surface area contributed by atoms with E-state index in [4.69, 9.17) is 13.9 Å². The van der Waals surface area contributed by atoms with Crippen LogP contribution in [0.15, 0.2) is 89.6 Å². The van der Waals surface area contributed by atoms with E-state index in [1.807, 2.05) is 66.7 Å². The van der Waals surface area contributed by atoms with Gasteiger partial charge in [0.2, 0.25) is 0 Å². The first-order valence-corrected chi connectivity index (χ1v) is 9.22. The van der Waals surface area contributed by atoms with E-state index in [2.05, 4.69) is 0 Å². The summed E-state index contributed by atoms with van der Waals surface area (Å²) in [6, 6.07) is 23.4. The van der Waals surface area contributed by atoms with Crippen molar-refractivity contribution < 1.29 is 18.7 Å². The third kappa shape index (κ3) is 6.05. The van der Waals surface area contributed by atoms with Gasteiger partial charge in [0.1, 0.15) is 12.0 Å². The maximum Gasteiger partial charge on any atom is 0.134 e. The van der Waals surface area contributed by atoms with Crippen molar-refractivity contribution >= 4 is 12.4 Å². The van der Waals surface area contributed by atoms with Crippen LogP contribution in [-0.2, 0) is 27.5 Å². The maximum absolute atomic E-state index is 12.0. The molecular formula is C24H24O4. The van der Waals surface area contributed by atoms with Gasteiger partial charge < -0.3 is 18.7 Å². The van der Waals surface area contributed by atoms with Crippen molar-refractivity contribution in [3.05, 3.63) is 102 Å². The number of furan rings is 1. The first kappa shape index (κ1) is 19.8. The highest BCUT2D eigenvalue weighted by atomic mass is 16.5. The van der Waals surface area contributed by atoms with Crippen molar-refractivity contribution in [2.75, 3.05) is 13.2 Å². The quantitative estimate of drug-likeness (QED) is 0.446. The fraction of sp³-hybridized carbons (Fsp3) is 0.208. The van der Waals surface area contributed by atoms with E-state index >= 15 is 0 Å². The molecule has 0 unspecified atom stereocenters. The molecule has 3 rings (SSSR count). The molecule has 0 saturated carbocycles. The van der Waals surface area contributed by atoms with Gasteiger partial charge in [0.05, 0.1) is 38.1 Å². The molecule has 0 aliphatic carbocycles. The standard InChI is InChI=1S/C24H24O4/c25-18-24(14-13-23-12-7-15-28-23,19-26-16-21-8-3-1-4-9-21)20-27-17-22-10-5-2-6-11-22/h1-15,18H,16-17,19-20H2. The second kappa shape index (κ2) is 10.4. The van der Waals surface area contributed by atoms with Gasteiger partial charge in [-0.15, -0.1) is 0 Å². The number of rotatable bonds is 11. The summed E-state index contributed by atoms with van der Waals surface area (Å²) in [5.41, 5.74) is 1.22. The molecule has 2 aromatic carbocycles. The molecule has 0 bridgehead atoms. The molecule has 0 aliphatic rings. The van der Waals surface area contributed by atoms with Gasteiger partial charge in [-0.25, -0.2) is 0 Å². The Kier molecular flexibility index (Phi) is 7.36. The summed E-state index contributed by atoms with van der Waals surface area (Å²) in [5, 5.41) is 0. The molecule has 4 nitrogen and oxygen atoms in total. The highest BCUT2D eigenvalue weighted by molar-refractivity contribution is 5.66. The molecule has 1 heterocycles. The number of carbonyl (C=O) groups excluding carboxylic acids is 1. The van der Waals surface area contributed by atoms with Crippen molar-refractivity contribution in [1.29, 1.82) is 0 Å². The SMILES string of the molecule is O=CC(C=Cc1ccco1)(COCc1ccccc1)COCc1ccccc1. The van der Waals surface area contributed by atoms with E-state index in [1.165, 1.54) is 0 Å². The summed E-state index contributed by atoms with van der Waals surface area (Å²) >= 11 is 0. The summed E-state index contributed by atoms with van der Waals surface area (Å²) in [6.07, 6.45) is 6.07. The molecule has 0 saturated heterocycles. The van der Waals surface area contributed by atoms with Crippen LogP contribution in [0.1, 0.15) is 16.9 Å². The molecule has 28 heavy (non-hydrogen) atoms. The van der Waals surface area contributed by atoms with Crippen LogP contribution in [0, 0.1) is 5.41 Å². The molecule has 0 N–H and O–H groups in total. The molecule has 0 amide bonds. The van der Waals surface area contributed by atoms with Crippen LogP contribution in [0.3, 0.4) is 0 Å². The maximum atomic E-state index is 12.0. The third-order valence-corrected chi connectivity index (χ3v) is 4.32. The Bertz CT molecular complexity index is 793. The number of benzene rings is 2. The van der Waals surface area contributed by atoms with E-state index in [-0.39, 0.29) is 13.2 Å². The number of aldehydes is 1. The van der Waals surface area contributed by atoms with Crippen molar-refractivity contribution in [3.8, 4) is 0 Å². The molecule has 0 atom stereocenters. The summed E-state index contributed by atoms with van der Waals surface area (Å²) < 4.78 is 17.0. The zero-order valence-corrected chi connectivity index (χ0v) is 15.7. The van der Waals surface area contributed by atoms with Gasteiger partial charge in [-0.3, -0.25) is 0 Å². The second-order valence-electron chi connectivity index (χ2n) is 6.66. The van der Waals surface area contributed by atoms with Crippen molar-refractivity contribution in [2.45, 2.75) is 13.2 Å². The lowest BCUT2D eigenvalue weighted by atomic mass is 9.91. The summed E-state index contributed by atoms with van der Waals surface area (Å²) in [6.45, 7) is 1.31. The zero-order valence-electron chi connectivity index (χ0n) is 15.7. The van der Waals surface area contributed by atoms with Crippen LogP contribution < -0.4 is 0 Å². The minimum Gasteiger partial charge on any atom is -0.465 e. The summed E-state index contributed by atoms with van der Waals surface area (Å²) in [7, 11) is 0. The molecule has 0 radical (unpaired) electrons. The molecular weight excluding hydrogens is 352 g/mol. The Morgan fingerprint density at radius 1 is 0.786 bits per heavy atom. The Morgan fingerprint density at radius 3 is 1.82 bits per heavy atom. The molecule has 4 heteroatoms. The lowest BCUT2D eigenvalue weighted by molar-refractivity contribution is -0.121. The van der Waals surface area contributed by atoms with Crippen molar-refractivity contribution in [3.63, 3.8) is 0 Å². The Morgan fingerprint density at radius 2 is 1.36 bits per heavy atom. The lowest BCUT2D eigenvalue weighted by Crippen LogP contribution is -2.32. The van der Waals surface area contributed by atoms with Crippen LogP contribution >= 0.6 is 0 Å². The molecule has 0 aliphatic heterocycles. The average Bonchev–Trinajstić information content (AvgIpc) is 3.27. The van der Waals surface area contributed by atoms with Gasteiger partial charge in [0.25, 0.3) is 0 Å². The van der Waals surface area contributed by atoms with Crippen LogP contribution in [0.5, 0.6) is 0 Å². The van der Waals surface area contributed by atoms with Gasteiger partial charge in [0.15, 0.2) is 0 Å². The first-order valence-electron chi connectivity index (χ1n) is 9.22. The highest BCUT2D eigenvalue weighted by Crippen LogP contribution is 2.22. The molecule has 0 fully saturated rings. The number of carbonyl (C=O) groups is 1. The number of ether oxygens (including phenoxy) is 2. The van der Waals surface area contributed by atoms with Gasteiger partial charge in [-0.1, -0.05) is 66.7 Å². The molecule has 1 aromatic heterocycles. The van der Waals surface area contributed by atoms with Crippen LogP contribution in [-0.4, -0.2) is 19.5 Å². The summed E-state index contributed by atoms with van der Waals surface area (Å²) in [4.78, 5) is 12.0. The molecule has 3 aromatic rings. The van der Waals surface area contributed by atoms with Gasteiger partial charge in [-0.05, 0) is 29.3 Å². The number of hydrogen-bond acceptors (Lipinski definition) is 4. The fourth-order valence-electron chi connectivity index (χ4n) is 2.75. The summed E-state index contributed by atoms with van der Waals surface area (Å²) in [5.74, 6) is 0.678. The largest absolute Gasteiger partial charge is 0.465 e. The van der Waals surface area contributed by atoms with Crippen LogP contribution in [0.25, 0.3) is 6.08 Å². The van der Waals surface area contributed by atoms with Crippen LogP contribution in [0.4, 0.5) is 0 Å². The van der Waals surface area contributed by atoms with E-state index < -0.39 is 5.41 Å². The third-order valence-electron chi connectivity index (χ3n) is 4.32. The monoisotopic (exact) mass is 376 g/mol. The van der Waals surface area contributed by atoms with E-state index in [0.717, 1.165) is 17.4 Å². The van der Waals surface area contributed by atoms with E-state index in [9.17, 15) is 4.79 Å². The van der Waals surface area contributed by atoms with Crippen molar-refractivity contribution in [1.82, 2.24) is 0 Å². The number of hydrogen-bond donors (Lipinski definition) is 0. The van der Waals surface area contributed by atoms with Gasteiger partial charge in [-0.2, -0.15) is 0 Å². The average molecular weight is 376 g/mol. The van der Waals surface area contributed by atoms with Crippen molar-refractivity contribution in [2.24, 2.45) is 5.41 Å². The van der Waals surface area contributed by atoms with Gasteiger partial charge in [0, 0.05) is 0 Å². The zero-order chi connectivity index (χ0) is 19.5. The van der Waals surface area contributed by atoms with Crippen LogP contribution in [0.2, 0.25) is 0 Å². The first-order chi connectivity index (χ1) is 13.8. The second-order valence-corrected chi connectivity index (χ2v) is 6.66. The molecule has 0 spiro atoms. The Hall–Kier alpha value is -2.95. The van der Waals surface area contributed by atoms with Gasteiger partial charge >= 0.3 is 0 Å². The van der Waals surface area contributed by atoms with E-state index in [1.54, 1.807) is 24.5 Å². The fourth-order valence-corrected chi connectivity index (χ4v) is 2.75. The normalized spacial score (nSPS) is 11.7. The Balaban J connectivity index is 1.64. The predicted octanol–water partition coefficient (Wildman–Crippen LogP) is 4.91.